The van der Waals surface area contributed by atoms with Gasteiger partial charge in [0.25, 0.3) is 5.56 Å². The molecule has 0 saturated carbocycles. The fourth-order valence-corrected chi connectivity index (χ4v) is 7.08. The lowest BCUT2D eigenvalue weighted by atomic mass is 9.96. The molecule has 0 spiro atoms. The summed E-state index contributed by atoms with van der Waals surface area (Å²) in [4.78, 5) is 34.1. The van der Waals surface area contributed by atoms with Gasteiger partial charge in [0, 0.05) is 22.2 Å². The molecule has 0 amide bonds. The zero-order valence-electron chi connectivity index (χ0n) is 27.3. The molecule has 0 radical (unpaired) electrons. The molecule has 6 rings (SSSR count). The van der Waals surface area contributed by atoms with Gasteiger partial charge in [-0.15, -0.1) is 11.8 Å². The lowest BCUT2D eigenvalue weighted by Crippen LogP contribution is -2.39. The predicted molar refractivity (Wildman–Crippen MR) is 193 cm³/mol. The Hall–Kier alpha value is -4.93. The van der Waals surface area contributed by atoms with E-state index in [1.54, 1.807) is 23.3 Å². The molecular formula is C38H36N4O4S2. The highest BCUT2D eigenvalue weighted by Crippen LogP contribution is 2.32. The number of aryl methyl sites for hydroxylation is 1. The fraction of sp³-hybridized carbons (Fsp3) is 0.211. The summed E-state index contributed by atoms with van der Waals surface area (Å²) in [5.74, 6) is 0.304. The van der Waals surface area contributed by atoms with Crippen molar-refractivity contribution in [3.05, 3.63) is 139 Å². The SMILES string of the molecule is C=CCOC(=O)C1=C(C)N=c2sc(=Cc3cn(-c4ccccc4)nc3-c3ccc(OCCC)c(C)c3)c(=O)n2C1c1ccc(SC)cc1. The minimum Gasteiger partial charge on any atom is -0.493 e. The average molecular weight is 677 g/mol. The van der Waals surface area contributed by atoms with Crippen LogP contribution < -0.4 is 19.6 Å². The number of para-hydroxylation sites is 1. The van der Waals surface area contributed by atoms with Crippen LogP contribution in [-0.2, 0) is 9.53 Å². The number of ether oxygens (including phenoxy) is 2. The van der Waals surface area contributed by atoms with E-state index in [2.05, 4.69) is 19.6 Å². The van der Waals surface area contributed by atoms with E-state index in [1.807, 2.05) is 96.9 Å². The predicted octanol–water partition coefficient (Wildman–Crippen LogP) is 6.64. The molecule has 3 heterocycles. The summed E-state index contributed by atoms with van der Waals surface area (Å²) >= 11 is 2.91. The van der Waals surface area contributed by atoms with Crippen molar-refractivity contribution < 1.29 is 14.3 Å². The zero-order chi connectivity index (χ0) is 33.8. The topological polar surface area (TPSA) is 87.7 Å². The Morgan fingerprint density at radius 2 is 1.85 bits per heavy atom. The highest BCUT2D eigenvalue weighted by molar-refractivity contribution is 7.98. The van der Waals surface area contributed by atoms with Crippen molar-refractivity contribution in [2.75, 3.05) is 19.5 Å². The number of fused-ring (bicyclic) bond motifs is 1. The Bertz CT molecular complexity index is 2200. The fourth-order valence-electron chi connectivity index (χ4n) is 5.64. The van der Waals surface area contributed by atoms with E-state index in [4.69, 9.17) is 19.6 Å². The van der Waals surface area contributed by atoms with Crippen molar-refractivity contribution in [2.24, 2.45) is 4.99 Å². The van der Waals surface area contributed by atoms with E-state index in [-0.39, 0.29) is 12.2 Å². The molecule has 0 bridgehead atoms. The molecule has 2 aromatic heterocycles. The number of rotatable bonds is 11. The van der Waals surface area contributed by atoms with Crippen LogP contribution in [0.3, 0.4) is 0 Å². The Kier molecular flexibility index (Phi) is 9.93. The Morgan fingerprint density at radius 1 is 1.08 bits per heavy atom. The third-order valence-electron chi connectivity index (χ3n) is 7.97. The minimum absolute atomic E-state index is 0.0531. The first-order chi connectivity index (χ1) is 23.3. The Labute approximate surface area is 287 Å². The van der Waals surface area contributed by atoms with Gasteiger partial charge in [-0.3, -0.25) is 9.36 Å². The second-order valence-corrected chi connectivity index (χ2v) is 13.2. The van der Waals surface area contributed by atoms with Crippen molar-refractivity contribution in [2.45, 2.75) is 38.1 Å². The summed E-state index contributed by atoms with van der Waals surface area (Å²) in [6.07, 6.45) is 8.24. The smallest absolute Gasteiger partial charge is 0.338 e. The number of allylic oxidation sites excluding steroid dienone is 1. The van der Waals surface area contributed by atoms with Gasteiger partial charge in [0.05, 0.1) is 34.1 Å². The van der Waals surface area contributed by atoms with E-state index in [0.717, 1.165) is 50.7 Å². The molecule has 0 fully saturated rings. The summed E-state index contributed by atoms with van der Waals surface area (Å²) in [6, 6.07) is 23.1. The lowest BCUT2D eigenvalue weighted by Gasteiger charge is -2.24. The van der Waals surface area contributed by atoms with Crippen molar-refractivity contribution in [3.8, 4) is 22.7 Å². The Balaban J connectivity index is 1.52. The van der Waals surface area contributed by atoms with Gasteiger partial charge in [0.2, 0.25) is 0 Å². The summed E-state index contributed by atoms with van der Waals surface area (Å²) < 4.78 is 15.3. The molecule has 1 unspecified atom stereocenters. The van der Waals surface area contributed by atoms with Gasteiger partial charge >= 0.3 is 5.97 Å². The van der Waals surface area contributed by atoms with E-state index in [1.165, 1.54) is 17.4 Å². The summed E-state index contributed by atoms with van der Waals surface area (Å²) in [5.41, 5.74) is 5.67. The van der Waals surface area contributed by atoms with Crippen LogP contribution in [0.5, 0.6) is 5.75 Å². The highest BCUT2D eigenvalue weighted by atomic mass is 32.2. The maximum Gasteiger partial charge on any atom is 0.338 e. The minimum atomic E-state index is -0.707. The van der Waals surface area contributed by atoms with Crippen LogP contribution in [0.25, 0.3) is 23.0 Å². The van der Waals surface area contributed by atoms with Gasteiger partial charge in [-0.05, 0) is 86.2 Å². The second-order valence-electron chi connectivity index (χ2n) is 11.3. The van der Waals surface area contributed by atoms with Crippen LogP contribution in [0, 0.1) is 6.92 Å². The van der Waals surface area contributed by atoms with E-state index >= 15 is 0 Å². The van der Waals surface area contributed by atoms with Gasteiger partial charge in [0.15, 0.2) is 4.80 Å². The average Bonchev–Trinajstić information content (AvgIpc) is 3.66. The lowest BCUT2D eigenvalue weighted by molar-refractivity contribution is -0.138. The molecule has 10 heteroatoms. The third-order valence-corrected chi connectivity index (χ3v) is 9.69. The molecule has 3 aromatic carbocycles. The number of aromatic nitrogens is 3. The molecule has 0 N–H and O–H groups in total. The number of thioether (sulfide) groups is 1. The van der Waals surface area contributed by atoms with Crippen LogP contribution in [0.2, 0.25) is 0 Å². The molecule has 8 nitrogen and oxygen atoms in total. The summed E-state index contributed by atoms with van der Waals surface area (Å²) in [5, 5.41) is 4.98. The maximum absolute atomic E-state index is 14.4. The van der Waals surface area contributed by atoms with Crippen molar-refractivity contribution in [3.63, 3.8) is 0 Å². The zero-order valence-corrected chi connectivity index (χ0v) is 28.9. The number of thiazole rings is 1. The number of hydrogen-bond donors (Lipinski definition) is 0. The van der Waals surface area contributed by atoms with Crippen molar-refractivity contribution in [1.29, 1.82) is 0 Å². The standard InChI is InChI=1S/C38H36N4O4S2/c1-6-19-45-31-18-15-27(21-24(31)3)34-28(23-41(40-34)29-11-9-8-10-12-29)22-32-36(43)42-35(26-13-16-30(47-5)17-14-26)33(37(44)46-20-7-2)25(4)39-38(42)48-32/h7-18,21-23,35H,2,6,19-20H2,1,3-5H3. The second kappa shape index (κ2) is 14.5. The summed E-state index contributed by atoms with van der Waals surface area (Å²) in [6.45, 7) is 10.2. The van der Waals surface area contributed by atoms with Crippen molar-refractivity contribution in [1.82, 2.24) is 14.3 Å². The number of carbonyl (C=O) groups excluding carboxylic acids is 1. The maximum atomic E-state index is 14.4. The molecular weight excluding hydrogens is 641 g/mol. The molecule has 1 aliphatic heterocycles. The monoisotopic (exact) mass is 676 g/mol. The van der Waals surface area contributed by atoms with Crippen molar-refractivity contribution >= 4 is 35.1 Å². The van der Waals surface area contributed by atoms with E-state index < -0.39 is 12.0 Å². The summed E-state index contributed by atoms with van der Waals surface area (Å²) in [7, 11) is 0. The third kappa shape index (κ3) is 6.58. The number of esters is 1. The van der Waals surface area contributed by atoms with E-state index in [9.17, 15) is 9.59 Å². The largest absolute Gasteiger partial charge is 0.493 e. The van der Waals surface area contributed by atoms with Crippen LogP contribution in [0.1, 0.15) is 43.0 Å². The molecule has 0 saturated heterocycles. The molecule has 1 atom stereocenters. The molecule has 1 aliphatic rings. The van der Waals surface area contributed by atoms with Crippen LogP contribution in [-0.4, -0.2) is 39.8 Å². The van der Waals surface area contributed by atoms with Gasteiger partial charge in [-0.1, -0.05) is 61.2 Å². The van der Waals surface area contributed by atoms with Crippen LogP contribution in [0.4, 0.5) is 0 Å². The first-order valence-electron chi connectivity index (χ1n) is 15.7. The van der Waals surface area contributed by atoms with Crippen LogP contribution >= 0.6 is 23.1 Å². The van der Waals surface area contributed by atoms with E-state index in [0.29, 0.717) is 27.2 Å². The van der Waals surface area contributed by atoms with Gasteiger partial charge in [-0.2, -0.15) is 5.10 Å². The number of nitrogens with zero attached hydrogens (tertiary/aromatic N) is 4. The molecule has 244 valence electrons. The molecule has 48 heavy (non-hydrogen) atoms. The number of hydrogen-bond acceptors (Lipinski definition) is 8. The normalized spacial score (nSPS) is 14.4. The molecule has 5 aromatic rings. The van der Waals surface area contributed by atoms with Gasteiger partial charge in [-0.25, -0.2) is 14.5 Å². The first kappa shape index (κ1) is 33.0. The number of carbonyl (C=O) groups is 1. The quantitative estimate of drug-likeness (QED) is 0.0887. The highest BCUT2D eigenvalue weighted by Gasteiger charge is 2.33. The van der Waals surface area contributed by atoms with Gasteiger partial charge < -0.3 is 9.47 Å². The Morgan fingerprint density at radius 3 is 2.54 bits per heavy atom. The molecule has 0 aliphatic carbocycles. The number of benzene rings is 3. The van der Waals surface area contributed by atoms with Gasteiger partial charge in [0.1, 0.15) is 18.1 Å². The first-order valence-corrected chi connectivity index (χ1v) is 17.7. The van der Waals surface area contributed by atoms with Crippen LogP contribution in [0.15, 0.2) is 118 Å².